The van der Waals surface area contributed by atoms with E-state index in [1.807, 2.05) is 22.9 Å². The molecular formula is C12H14BrN5. The minimum Gasteiger partial charge on any atom is -0.398 e. The summed E-state index contributed by atoms with van der Waals surface area (Å²) in [5.41, 5.74) is 7.52. The first kappa shape index (κ1) is 11.6. The highest BCUT2D eigenvalue weighted by Crippen LogP contribution is 2.34. The van der Waals surface area contributed by atoms with Crippen LogP contribution in [-0.2, 0) is 6.54 Å². The highest BCUT2D eigenvalue weighted by Gasteiger charge is 2.22. The molecule has 0 amide bonds. The number of benzene rings is 1. The minimum atomic E-state index is 0.698. The van der Waals surface area contributed by atoms with Gasteiger partial charge >= 0.3 is 0 Å². The predicted molar refractivity (Wildman–Crippen MR) is 72.7 cm³/mol. The summed E-state index contributed by atoms with van der Waals surface area (Å²) < 4.78 is 2.71. The quantitative estimate of drug-likeness (QED) is 0.881. The zero-order chi connectivity index (χ0) is 12.5. The van der Waals surface area contributed by atoms with Crippen molar-refractivity contribution in [3.63, 3.8) is 0 Å². The molecule has 0 bridgehead atoms. The molecule has 2 N–H and O–H groups in total. The van der Waals surface area contributed by atoms with Crippen molar-refractivity contribution in [1.82, 2.24) is 20.2 Å². The first-order chi connectivity index (χ1) is 8.75. The van der Waals surface area contributed by atoms with Gasteiger partial charge in [0.1, 0.15) is 0 Å². The van der Waals surface area contributed by atoms with Crippen molar-refractivity contribution < 1.29 is 0 Å². The largest absolute Gasteiger partial charge is 0.398 e. The third kappa shape index (κ3) is 2.25. The van der Waals surface area contributed by atoms with Crippen molar-refractivity contribution >= 4 is 21.6 Å². The van der Waals surface area contributed by atoms with E-state index in [0.717, 1.165) is 34.7 Å². The van der Waals surface area contributed by atoms with Gasteiger partial charge in [0.25, 0.3) is 0 Å². The van der Waals surface area contributed by atoms with Crippen LogP contribution < -0.4 is 5.73 Å². The summed E-state index contributed by atoms with van der Waals surface area (Å²) in [5, 5.41) is 11.9. The molecule has 1 saturated carbocycles. The molecular weight excluding hydrogens is 294 g/mol. The monoisotopic (exact) mass is 307 g/mol. The van der Waals surface area contributed by atoms with Gasteiger partial charge in [-0.15, -0.1) is 5.10 Å². The van der Waals surface area contributed by atoms with Crippen molar-refractivity contribution in [2.24, 2.45) is 5.92 Å². The number of nitrogen functional groups attached to an aromatic ring is 1. The molecule has 1 fully saturated rings. The van der Waals surface area contributed by atoms with Crippen LogP contribution in [0.25, 0.3) is 11.4 Å². The van der Waals surface area contributed by atoms with E-state index in [9.17, 15) is 0 Å². The lowest BCUT2D eigenvalue weighted by molar-refractivity contribution is 0.535. The van der Waals surface area contributed by atoms with Gasteiger partial charge in [-0.2, -0.15) is 0 Å². The second-order valence-corrected chi connectivity index (χ2v) is 5.46. The number of aromatic nitrogens is 4. The molecule has 0 spiro atoms. The average Bonchev–Trinajstić information content (AvgIpc) is 3.08. The molecule has 1 aliphatic rings. The summed E-state index contributed by atoms with van der Waals surface area (Å²) in [5.74, 6) is 1.64. The number of hydrogen-bond acceptors (Lipinski definition) is 4. The molecule has 94 valence electrons. The van der Waals surface area contributed by atoms with Gasteiger partial charge in [-0.3, -0.25) is 0 Å². The molecule has 0 radical (unpaired) electrons. The molecule has 1 aliphatic carbocycles. The van der Waals surface area contributed by atoms with Crippen LogP contribution in [0, 0.1) is 5.92 Å². The van der Waals surface area contributed by atoms with E-state index >= 15 is 0 Å². The molecule has 18 heavy (non-hydrogen) atoms. The van der Waals surface area contributed by atoms with Crippen molar-refractivity contribution in [3.8, 4) is 11.4 Å². The third-order valence-corrected chi connectivity index (χ3v) is 4.13. The van der Waals surface area contributed by atoms with Gasteiger partial charge in [0.15, 0.2) is 5.82 Å². The zero-order valence-corrected chi connectivity index (χ0v) is 11.5. The fourth-order valence-corrected chi connectivity index (χ4v) is 2.42. The number of nitrogens with two attached hydrogens (primary N) is 1. The van der Waals surface area contributed by atoms with E-state index in [4.69, 9.17) is 5.73 Å². The molecule has 1 aromatic heterocycles. The normalized spacial score (nSPS) is 14.9. The first-order valence-electron chi connectivity index (χ1n) is 6.06. The molecule has 5 nitrogen and oxygen atoms in total. The lowest BCUT2D eigenvalue weighted by Crippen LogP contribution is -2.04. The van der Waals surface area contributed by atoms with Gasteiger partial charge in [-0.05, 0) is 50.8 Å². The van der Waals surface area contributed by atoms with Crippen LogP contribution in [0.2, 0.25) is 0 Å². The number of aryl methyl sites for hydroxylation is 1. The SMILES string of the molecule is Nc1cccc(-c2nnnn2CCC2CC2)c1Br. The van der Waals surface area contributed by atoms with Gasteiger partial charge in [0.2, 0.25) is 0 Å². The average molecular weight is 308 g/mol. The maximum absolute atomic E-state index is 5.88. The Labute approximate surface area is 113 Å². The fourth-order valence-electron chi connectivity index (χ4n) is 1.98. The second kappa shape index (κ2) is 4.68. The lowest BCUT2D eigenvalue weighted by atomic mass is 10.2. The Morgan fingerprint density at radius 1 is 1.39 bits per heavy atom. The van der Waals surface area contributed by atoms with Gasteiger partial charge in [-0.1, -0.05) is 18.9 Å². The van der Waals surface area contributed by atoms with E-state index in [0.29, 0.717) is 5.69 Å². The Kier molecular flexibility index (Phi) is 3.03. The summed E-state index contributed by atoms with van der Waals surface area (Å²) in [6, 6.07) is 5.74. The summed E-state index contributed by atoms with van der Waals surface area (Å²) in [4.78, 5) is 0. The molecule has 0 aliphatic heterocycles. The topological polar surface area (TPSA) is 69.6 Å². The molecule has 2 aromatic rings. The number of halogens is 1. The molecule has 1 heterocycles. The third-order valence-electron chi connectivity index (χ3n) is 3.25. The number of nitrogens with zero attached hydrogens (tertiary/aromatic N) is 4. The first-order valence-corrected chi connectivity index (χ1v) is 6.85. The van der Waals surface area contributed by atoms with Crippen LogP contribution in [0.5, 0.6) is 0 Å². The Balaban J connectivity index is 1.90. The molecule has 0 atom stereocenters. The maximum Gasteiger partial charge on any atom is 0.183 e. The van der Waals surface area contributed by atoms with Crippen LogP contribution in [0.4, 0.5) is 5.69 Å². The molecule has 0 unspecified atom stereocenters. The van der Waals surface area contributed by atoms with E-state index in [1.165, 1.54) is 12.8 Å². The number of tetrazole rings is 1. The maximum atomic E-state index is 5.88. The lowest BCUT2D eigenvalue weighted by Gasteiger charge is -2.07. The van der Waals surface area contributed by atoms with Crippen molar-refractivity contribution in [3.05, 3.63) is 22.7 Å². The molecule has 6 heteroatoms. The summed E-state index contributed by atoms with van der Waals surface area (Å²) in [7, 11) is 0. The van der Waals surface area contributed by atoms with E-state index in [2.05, 4.69) is 31.5 Å². The summed E-state index contributed by atoms with van der Waals surface area (Å²) in [6.45, 7) is 0.869. The Hall–Kier alpha value is -1.43. The van der Waals surface area contributed by atoms with Crippen LogP contribution in [0.1, 0.15) is 19.3 Å². The van der Waals surface area contributed by atoms with Gasteiger partial charge in [0, 0.05) is 17.8 Å². The van der Waals surface area contributed by atoms with Gasteiger partial charge in [0.05, 0.1) is 4.47 Å². The van der Waals surface area contributed by atoms with Gasteiger partial charge in [-0.25, -0.2) is 4.68 Å². The van der Waals surface area contributed by atoms with E-state index in [1.54, 1.807) is 0 Å². The summed E-state index contributed by atoms with van der Waals surface area (Å²) in [6.07, 6.45) is 3.84. The van der Waals surface area contributed by atoms with Crippen LogP contribution >= 0.6 is 15.9 Å². The van der Waals surface area contributed by atoms with Crippen LogP contribution in [-0.4, -0.2) is 20.2 Å². The minimum absolute atomic E-state index is 0.698. The van der Waals surface area contributed by atoms with Crippen LogP contribution in [0.15, 0.2) is 22.7 Å². The second-order valence-electron chi connectivity index (χ2n) is 4.67. The van der Waals surface area contributed by atoms with Crippen molar-refractivity contribution in [2.45, 2.75) is 25.8 Å². The van der Waals surface area contributed by atoms with E-state index in [-0.39, 0.29) is 0 Å². The predicted octanol–water partition coefficient (Wildman–Crippen LogP) is 2.48. The molecule has 1 aromatic carbocycles. The number of anilines is 1. The smallest absolute Gasteiger partial charge is 0.183 e. The van der Waals surface area contributed by atoms with Crippen molar-refractivity contribution in [2.75, 3.05) is 5.73 Å². The molecule has 3 rings (SSSR count). The van der Waals surface area contributed by atoms with Crippen LogP contribution in [0.3, 0.4) is 0 Å². The highest BCUT2D eigenvalue weighted by molar-refractivity contribution is 9.10. The van der Waals surface area contributed by atoms with Gasteiger partial charge < -0.3 is 5.73 Å². The number of rotatable bonds is 4. The Morgan fingerprint density at radius 3 is 3.00 bits per heavy atom. The highest BCUT2D eigenvalue weighted by atomic mass is 79.9. The van der Waals surface area contributed by atoms with Crippen molar-refractivity contribution in [1.29, 1.82) is 0 Å². The van der Waals surface area contributed by atoms with E-state index < -0.39 is 0 Å². The Morgan fingerprint density at radius 2 is 2.22 bits per heavy atom. The fraction of sp³-hybridized carbons (Fsp3) is 0.417. The zero-order valence-electron chi connectivity index (χ0n) is 9.88. The standard InChI is InChI=1S/C12H14BrN5/c13-11-9(2-1-3-10(11)14)12-15-16-17-18(12)7-6-8-4-5-8/h1-3,8H,4-7,14H2. The molecule has 0 saturated heterocycles. The summed E-state index contributed by atoms with van der Waals surface area (Å²) >= 11 is 3.49. The number of hydrogen-bond donors (Lipinski definition) is 1. The Bertz CT molecular complexity index is 561.